The van der Waals surface area contributed by atoms with Gasteiger partial charge in [-0.25, -0.2) is 0 Å². The molecule has 0 bridgehead atoms. The van der Waals surface area contributed by atoms with Gasteiger partial charge < -0.3 is 14.7 Å². The van der Waals surface area contributed by atoms with E-state index < -0.39 is 0 Å². The van der Waals surface area contributed by atoms with Crippen molar-refractivity contribution in [3.8, 4) is 0 Å². The van der Waals surface area contributed by atoms with E-state index in [4.69, 9.17) is 0 Å². The number of rotatable bonds is 29. The number of hydrogen-bond donors (Lipinski definition) is 0. The minimum absolute atomic E-state index is 0.216. The van der Waals surface area contributed by atoms with Gasteiger partial charge in [-0.15, -0.1) is 0 Å². The van der Waals surface area contributed by atoms with Gasteiger partial charge in [0, 0.05) is 87.5 Å². The Bertz CT molecular complexity index is 5170. The number of fused-ring (bicyclic) bond motifs is 2. The quantitative estimate of drug-likeness (QED) is 0.0263. The summed E-state index contributed by atoms with van der Waals surface area (Å²) in [6.45, 7) is 25.8. The third-order valence-electron chi connectivity index (χ3n) is 24.3. The summed E-state index contributed by atoms with van der Waals surface area (Å²) in [5.41, 5.74) is 23.3. The lowest BCUT2D eigenvalue weighted by molar-refractivity contribution is 0.544. The van der Waals surface area contributed by atoms with Crippen molar-refractivity contribution < 1.29 is 0 Å². The molecule has 0 radical (unpaired) electrons. The Labute approximate surface area is 665 Å². The topological polar surface area (TPSA) is 9.72 Å². The average molecular weight is 1500 g/mol. The minimum Gasteiger partial charge on any atom is -0.311 e. The lowest BCUT2D eigenvalue weighted by Crippen LogP contribution is -2.20. The fraction of sp³-hybridized carbons (Fsp3) is 0.245. The number of nitrogens with zero attached hydrogens (tertiary/aromatic N) is 3. The van der Waals surface area contributed by atoms with Gasteiger partial charge in [-0.05, 0) is 196 Å². The first-order chi connectivity index (χ1) is 53.3. The molecular formula is C106H108BrN3. The lowest BCUT2D eigenvalue weighted by Gasteiger charge is -2.34. The average Bonchev–Trinajstić information content (AvgIpc) is 0.720. The van der Waals surface area contributed by atoms with E-state index in [1.807, 2.05) is 0 Å². The predicted molar refractivity (Wildman–Crippen MR) is 477 cm³/mol. The van der Waals surface area contributed by atoms with Crippen molar-refractivity contribution in [3.63, 3.8) is 0 Å². The van der Waals surface area contributed by atoms with Crippen LogP contribution in [-0.2, 0) is 28.1 Å². The minimum atomic E-state index is -0.352. The van der Waals surface area contributed by atoms with Crippen LogP contribution < -0.4 is 14.7 Å². The van der Waals surface area contributed by atoms with Crippen LogP contribution in [0.3, 0.4) is 0 Å². The lowest BCUT2D eigenvalue weighted by atomic mass is 9.78. The molecule has 0 aromatic heterocycles. The standard InChI is InChI=1S/C106H108BrN3/c1-12-14-15-16-17-21-32-77-43-61-90(62-44-77)108(91-63-47-79(48-64-91)76(3)75-78(13-2)80-45-59-89(107)60-46-80)92-65-49-87(50-66-92)106(10,11)88-57-73-96(74-58-88)110(95-71-55-86(56-72-95)105(8,9)83-37-26-20-27-38-83)102-99-41-30-28-39-97(99)101(98-40-29-31-42-100(98)102)109(93-67-51-84(52-68-93)103(4,5)81-33-22-18-23-34-81)94-69-53-85(54-70-94)104(6,7)82-35-24-19-25-36-82/h18-20,22-31,33-74,76,78H,12-17,21,32,75H2,1-11H3. The van der Waals surface area contributed by atoms with Crippen LogP contribution in [0, 0.1) is 0 Å². The van der Waals surface area contributed by atoms with Crippen molar-refractivity contribution in [2.24, 2.45) is 0 Å². The van der Waals surface area contributed by atoms with Crippen LogP contribution in [0.15, 0.2) is 338 Å². The van der Waals surface area contributed by atoms with E-state index in [0.29, 0.717) is 11.8 Å². The first-order valence-electron chi connectivity index (χ1n) is 40.3. The molecule has 14 aromatic carbocycles. The van der Waals surface area contributed by atoms with Crippen LogP contribution in [0.1, 0.15) is 201 Å². The Balaban J connectivity index is 0.847. The fourth-order valence-corrected chi connectivity index (χ4v) is 17.2. The van der Waals surface area contributed by atoms with E-state index in [2.05, 4.69) is 440 Å². The largest absolute Gasteiger partial charge is 0.311 e. The van der Waals surface area contributed by atoms with Crippen molar-refractivity contribution in [2.45, 2.75) is 167 Å². The molecule has 3 nitrogen and oxygen atoms in total. The first kappa shape index (κ1) is 76.3. The van der Waals surface area contributed by atoms with Gasteiger partial charge >= 0.3 is 0 Å². The first-order valence-corrected chi connectivity index (χ1v) is 41.1. The second-order valence-electron chi connectivity index (χ2n) is 32.7. The maximum atomic E-state index is 3.66. The second-order valence-corrected chi connectivity index (χ2v) is 33.6. The van der Waals surface area contributed by atoms with Crippen molar-refractivity contribution >= 4 is 88.7 Å². The molecule has 14 rings (SSSR count). The van der Waals surface area contributed by atoms with Gasteiger partial charge in [-0.3, -0.25) is 0 Å². The van der Waals surface area contributed by atoms with E-state index in [1.165, 1.54) is 99.7 Å². The molecule has 14 aromatic rings. The summed E-state index contributed by atoms with van der Waals surface area (Å²) in [6, 6.07) is 126. The summed E-state index contributed by atoms with van der Waals surface area (Å²) in [7, 11) is 0. The summed E-state index contributed by atoms with van der Waals surface area (Å²) in [6.07, 6.45) is 11.1. The SMILES string of the molecule is CCCCCCCCc1ccc(N(c2ccc(C(C)CC(CC)c3ccc(Br)cc3)cc2)c2ccc(C(C)(C)c3ccc(N(c4ccc(C(C)(C)c5ccccc5)cc4)c4c5ccccc5c(N(c5ccc(C(C)(C)c6ccccc6)cc5)c5ccc(C(C)(C)c6ccccc6)cc5)c5ccccc45)cc3)cc2)cc1. The van der Waals surface area contributed by atoms with Crippen molar-refractivity contribution in [2.75, 3.05) is 14.7 Å². The number of aryl methyl sites for hydroxylation is 1. The normalized spacial score (nSPS) is 12.6. The third-order valence-corrected chi connectivity index (χ3v) is 24.8. The van der Waals surface area contributed by atoms with Gasteiger partial charge in [0.1, 0.15) is 0 Å². The van der Waals surface area contributed by atoms with Crippen LogP contribution in [0.5, 0.6) is 0 Å². The zero-order valence-corrected chi connectivity index (χ0v) is 68.1. The Kier molecular flexibility index (Phi) is 23.1. The van der Waals surface area contributed by atoms with Crippen LogP contribution in [0.2, 0.25) is 0 Å². The summed E-state index contributed by atoms with van der Waals surface area (Å²) in [5.74, 6) is 0.898. The highest BCUT2D eigenvalue weighted by Crippen LogP contribution is 2.53. The molecule has 2 unspecified atom stereocenters. The number of unbranched alkanes of at least 4 members (excludes halogenated alkanes) is 5. The number of benzene rings is 14. The summed E-state index contributed by atoms with van der Waals surface area (Å²) in [4.78, 5) is 7.49. The molecule has 0 saturated carbocycles. The molecule has 0 amide bonds. The highest BCUT2D eigenvalue weighted by Gasteiger charge is 2.32. The van der Waals surface area contributed by atoms with Gasteiger partial charge in [0.25, 0.3) is 0 Å². The van der Waals surface area contributed by atoms with Crippen molar-refractivity contribution in [1.82, 2.24) is 0 Å². The number of halogens is 1. The predicted octanol–water partition coefficient (Wildman–Crippen LogP) is 31.1. The zero-order valence-electron chi connectivity index (χ0n) is 66.5. The van der Waals surface area contributed by atoms with Gasteiger partial charge in [0.15, 0.2) is 0 Å². The van der Waals surface area contributed by atoms with Crippen LogP contribution >= 0.6 is 15.9 Å². The van der Waals surface area contributed by atoms with E-state index in [9.17, 15) is 0 Å². The smallest absolute Gasteiger partial charge is 0.0619 e. The monoisotopic (exact) mass is 1500 g/mol. The fourth-order valence-electron chi connectivity index (χ4n) is 16.9. The molecule has 110 heavy (non-hydrogen) atoms. The highest BCUT2D eigenvalue weighted by molar-refractivity contribution is 9.10. The molecule has 0 spiro atoms. The number of anilines is 9. The zero-order chi connectivity index (χ0) is 76.6. The molecule has 0 aliphatic carbocycles. The summed E-state index contributed by atoms with van der Waals surface area (Å²) < 4.78 is 1.13. The molecule has 0 aliphatic rings. The van der Waals surface area contributed by atoms with Gasteiger partial charge in [0.2, 0.25) is 0 Å². The summed E-state index contributed by atoms with van der Waals surface area (Å²) in [5, 5.41) is 4.59. The molecule has 0 N–H and O–H groups in total. The number of hydrogen-bond acceptors (Lipinski definition) is 3. The Morgan fingerprint density at radius 3 is 0.855 bits per heavy atom. The van der Waals surface area contributed by atoms with Gasteiger partial charge in [0.05, 0.1) is 11.4 Å². The molecular weight excluding hydrogens is 1400 g/mol. The highest BCUT2D eigenvalue weighted by atomic mass is 79.9. The van der Waals surface area contributed by atoms with E-state index in [0.717, 1.165) is 96.5 Å². The van der Waals surface area contributed by atoms with Gasteiger partial charge in [-0.1, -0.05) is 361 Å². The van der Waals surface area contributed by atoms with E-state index in [-0.39, 0.29) is 21.7 Å². The maximum Gasteiger partial charge on any atom is 0.0619 e. The summed E-state index contributed by atoms with van der Waals surface area (Å²) >= 11 is 3.66. The molecule has 0 aliphatic heterocycles. The molecule has 2 atom stereocenters. The molecule has 4 heteroatoms. The maximum absolute atomic E-state index is 3.66. The van der Waals surface area contributed by atoms with E-state index >= 15 is 0 Å². The molecule has 0 saturated heterocycles. The van der Waals surface area contributed by atoms with Crippen LogP contribution in [0.4, 0.5) is 51.2 Å². The Morgan fingerprint density at radius 2 is 0.536 bits per heavy atom. The molecule has 0 fully saturated rings. The Hall–Kier alpha value is -10.5. The van der Waals surface area contributed by atoms with Crippen LogP contribution in [-0.4, -0.2) is 0 Å². The van der Waals surface area contributed by atoms with Crippen molar-refractivity contribution in [3.05, 3.63) is 399 Å². The van der Waals surface area contributed by atoms with Crippen molar-refractivity contribution in [1.29, 1.82) is 0 Å². The van der Waals surface area contributed by atoms with Gasteiger partial charge in [-0.2, -0.15) is 0 Å². The molecule has 0 heterocycles. The molecule has 554 valence electrons. The Morgan fingerprint density at radius 1 is 0.273 bits per heavy atom. The van der Waals surface area contributed by atoms with E-state index in [1.54, 1.807) is 0 Å². The second kappa shape index (κ2) is 33.4. The third kappa shape index (κ3) is 16.1. The van der Waals surface area contributed by atoms with Crippen LogP contribution in [0.25, 0.3) is 21.5 Å².